The van der Waals surface area contributed by atoms with Crippen LogP contribution in [0.2, 0.25) is 0 Å². The van der Waals surface area contributed by atoms with E-state index in [0.29, 0.717) is 0 Å². The molecule has 88 valence electrons. The van der Waals surface area contributed by atoms with Gasteiger partial charge in [0.2, 0.25) is 0 Å². The van der Waals surface area contributed by atoms with Gasteiger partial charge < -0.3 is 4.57 Å². The topological polar surface area (TPSA) is 17.8 Å². The van der Waals surface area contributed by atoms with Crippen LogP contribution in [-0.2, 0) is 7.05 Å². The molecule has 2 heteroatoms. The molecular weight excluding hydrogens is 220 g/mol. The van der Waals surface area contributed by atoms with Crippen LogP contribution in [0.5, 0.6) is 0 Å². The van der Waals surface area contributed by atoms with Gasteiger partial charge in [0, 0.05) is 30.4 Å². The summed E-state index contributed by atoms with van der Waals surface area (Å²) >= 11 is 0. The van der Waals surface area contributed by atoms with Crippen LogP contribution in [0.3, 0.4) is 0 Å². The molecule has 3 rings (SSSR count). The van der Waals surface area contributed by atoms with E-state index in [4.69, 9.17) is 0 Å². The Kier molecular flexibility index (Phi) is 2.69. The lowest BCUT2D eigenvalue weighted by molar-refractivity contribution is 0.947. The van der Waals surface area contributed by atoms with Crippen LogP contribution in [0.25, 0.3) is 23.2 Å². The zero-order chi connectivity index (χ0) is 12.4. The van der Waals surface area contributed by atoms with Gasteiger partial charge >= 0.3 is 0 Å². The van der Waals surface area contributed by atoms with Gasteiger partial charge in [-0.05, 0) is 17.7 Å². The Hall–Kier alpha value is -2.35. The van der Waals surface area contributed by atoms with E-state index in [2.05, 4.69) is 46.1 Å². The number of nitrogens with zero attached hydrogens (tertiary/aromatic N) is 2. The smallest absolute Gasteiger partial charge is 0.140 e. The Labute approximate surface area is 106 Å². The van der Waals surface area contributed by atoms with Gasteiger partial charge in [0.05, 0.1) is 0 Å². The summed E-state index contributed by atoms with van der Waals surface area (Å²) in [6, 6.07) is 14.4. The number of aryl methyl sites for hydroxylation is 1. The van der Waals surface area contributed by atoms with Crippen molar-refractivity contribution in [3.05, 3.63) is 66.0 Å². The first-order valence-electron chi connectivity index (χ1n) is 5.98. The Balaban J connectivity index is 2.03. The number of benzene rings is 1. The van der Waals surface area contributed by atoms with E-state index in [1.807, 2.05) is 37.5 Å². The van der Waals surface area contributed by atoms with E-state index >= 15 is 0 Å². The molecule has 2 aromatic heterocycles. The highest BCUT2D eigenvalue weighted by Gasteiger charge is 2.03. The van der Waals surface area contributed by atoms with Gasteiger partial charge in [0.25, 0.3) is 0 Å². The van der Waals surface area contributed by atoms with E-state index in [1.54, 1.807) is 0 Å². The Morgan fingerprint density at radius 3 is 2.67 bits per heavy atom. The molecule has 1 aromatic carbocycles. The molecule has 0 aliphatic heterocycles. The SMILES string of the molecule is Cn1cc(C=Cc2ccccc2)c2cccnc21. The van der Waals surface area contributed by atoms with Gasteiger partial charge in [-0.1, -0.05) is 42.5 Å². The number of rotatable bonds is 2. The van der Waals surface area contributed by atoms with Crippen LogP contribution in [0, 0.1) is 0 Å². The summed E-state index contributed by atoms with van der Waals surface area (Å²) in [5, 5.41) is 1.19. The van der Waals surface area contributed by atoms with Crippen LogP contribution in [0.15, 0.2) is 54.9 Å². The minimum Gasteiger partial charge on any atom is -0.335 e. The highest BCUT2D eigenvalue weighted by atomic mass is 15.0. The number of hydrogen-bond acceptors (Lipinski definition) is 1. The largest absolute Gasteiger partial charge is 0.335 e. The molecule has 2 nitrogen and oxygen atoms in total. The van der Waals surface area contributed by atoms with E-state index in [9.17, 15) is 0 Å². The first-order chi connectivity index (χ1) is 8.84. The van der Waals surface area contributed by atoms with Crippen molar-refractivity contribution in [2.45, 2.75) is 0 Å². The summed E-state index contributed by atoms with van der Waals surface area (Å²) in [5.74, 6) is 0. The van der Waals surface area contributed by atoms with E-state index in [1.165, 1.54) is 16.5 Å². The predicted molar refractivity (Wildman–Crippen MR) is 76.1 cm³/mol. The molecule has 0 saturated heterocycles. The van der Waals surface area contributed by atoms with Gasteiger partial charge in [-0.3, -0.25) is 0 Å². The normalized spacial score (nSPS) is 11.4. The molecule has 0 aliphatic carbocycles. The van der Waals surface area contributed by atoms with Crippen LogP contribution in [0.4, 0.5) is 0 Å². The van der Waals surface area contributed by atoms with E-state index < -0.39 is 0 Å². The second kappa shape index (κ2) is 4.49. The van der Waals surface area contributed by atoms with Gasteiger partial charge in [-0.25, -0.2) is 4.98 Å². The molecule has 0 saturated carbocycles. The first kappa shape index (κ1) is 10.8. The van der Waals surface area contributed by atoms with Crippen LogP contribution < -0.4 is 0 Å². The summed E-state index contributed by atoms with van der Waals surface area (Å²) in [5.41, 5.74) is 3.42. The zero-order valence-corrected chi connectivity index (χ0v) is 10.2. The molecule has 0 spiro atoms. The van der Waals surface area contributed by atoms with E-state index in [0.717, 1.165) is 5.65 Å². The van der Waals surface area contributed by atoms with Crippen LogP contribution >= 0.6 is 0 Å². The van der Waals surface area contributed by atoms with E-state index in [-0.39, 0.29) is 0 Å². The highest BCUT2D eigenvalue weighted by molar-refractivity contribution is 5.89. The molecule has 0 aliphatic rings. The maximum Gasteiger partial charge on any atom is 0.140 e. The summed E-state index contributed by atoms with van der Waals surface area (Å²) < 4.78 is 2.06. The molecule has 18 heavy (non-hydrogen) atoms. The van der Waals surface area contributed by atoms with Crippen molar-refractivity contribution in [2.24, 2.45) is 7.05 Å². The fourth-order valence-corrected chi connectivity index (χ4v) is 2.13. The molecule has 0 unspecified atom stereocenters. The standard InChI is InChI=1S/C16H14N2/c1-18-12-14(15-8-5-11-17-16(15)18)10-9-13-6-3-2-4-7-13/h2-12H,1H3. The summed E-state index contributed by atoms with van der Waals surface area (Å²) in [7, 11) is 2.02. The highest BCUT2D eigenvalue weighted by Crippen LogP contribution is 2.20. The lowest BCUT2D eigenvalue weighted by Crippen LogP contribution is -1.85. The fourth-order valence-electron chi connectivity index (χ4n) is 2.13. The quantitative estimate of drug-likeness (QED) is 0.660. The summed E-state index contributed by atoms with van der Waals surface area (Å²) in [4.78, 5) is 4.39. The first-order valence-corrected chi connectivity index (χ1v) is 5.98. The molecule has 0 amide bonds. The average molecular weight is 234 g/mol. The molecule has 0 bridgehead atoms. The van der Waals surface area contributed by atoms with Crippen molar-refractivity contribution in [1.29, 1.82) is 0 Å². The molecular formula is C16H14N2. The van der Waals surface area contributed by atoms with Crippen molar-refractivity contribution in [3.63, 3.8) is 0 Å². The third-order valence-electron chi connectivity index (χ3n) is 3.02. The van der Waals surface area contributed by atoms with Crippen molar-refractivity contribution < 1.29 is 0 Å². The molecule has 0 atom stereocenters. The second-order valence-electron chi connectivity index (χ2n) is 4.31. The fraction of sp³-hybridized carbons (Fsp3) is 0.0625. The number of hydrogen-bond donors (Lipinski definition) is 0. The third-order valence-corrected chi connectivity index (χ3v) is 3.02. The second-order valence-corrected chi connectivity index (χ2v) is 4.31. The molecule has 2 heterocycles. The van der Waals surface area contributed by atoms with Crippen LogP contribution in [0.1, 0.15) is 11.1 Å². The average Bonchev–Trinajstić information content (AvgIpc) is 2.75. The maximum absolute atomic E-state index is 4.39. The molecule has 3 aromatic rings. The maximum atomic E-state index is 4.39. The van der Waals surface area contributed by atoms with Gasteiger partial charge in [-0.15, -0.1) is 0 Å². The van der Waals surface area contributed by atoms with Crippen molar-refractivity contribution >= 4 is 23.2 Å². The minimum atomic E-state index is 1.02. The van der Waals surface area contributed by atoms with Crippen molar-refractivity contribution in [1.82, 2.24) is 9.55 Å². The number of fused-ring (bicyclic) bond motifs is 1. The van der Waals surface area contributed by atoms with Gasteiger partial charge in [-0.2, -0.15) is 0 Å². The van der Waals surface area contributed by atoms with Crippen LogP contribution in [-0.4, -0.2) is 9.55 Å². The van der Waals surface area contributed by atoms with Crippen molar-refractivity contribution in [3.8, 4) is 0 Å². The summed E-state index contributed by atoms with van der Waals surface area (Å²) in [6.07, 6.45) is 8.20. The van der Waals surface area contributed by atoms with Gasteiger partial charge in [0.15, 0.2) is 0 Å². The molecule has 0 radical (unpaired) electrons. The predicted octanol–water partition coefficient (Wildman–Crippen LogP) is 3.74. The van der Waals surface area contributed by atoms with Crippen molar-refractivity contribution in [2.75, 3.05) is 0 Å². The number of pyridine rings is 1. The zero-order valence-electron chi connectivity index (χ0n) is 10.2. The molecule has 0 N–H and O–H groups in total. The third kappa shape index (κ3) is 1.93. The monoisotopic (exact) mass is 234 g/mol. The Bertz CT molecular complexity index is 693. The number of aromatic nitrogens is 2. The van der Waals surface area contributed by atoms with Gasteiger partial charge in [0.1, 0.15) is 5.65 Å². The molecule has 0 fully saturated rings. The Morgan fingerprint density at radius 2 is 1.83 bits per heavy atom. The lowest BCUT2D eigenvalue weighted by Gasteiger charge is -1.92. The Morgan fingerprint density at radius 1 is 1.00 bits per heavy atom. The lowest BCUT2D eigenvalue weighted by atomic mass is 10.1. The summed E-state index contributed by atoms with van der Waals surface area (Å²) in [6.45, 7) is 0. The minimum absolute atomic E-state index is 1.02.